The normalized spacial score (nSPS) is 10.7. The number of amides is 1. The van der Waals surface area contributed by atoms with Crippen LogP contribution in [-0.4, -0.2) is 23.0 Å². The fraction of sp³-hybridized carbons (Fsp3) is 0.0741. The van der Waals surface area contributed by atoms with E-state index in [1.165, 1.54) is 0 Å². The Bertz CT molecular complexity index is 1220. The molecule has 0 radical (unpaired) electrons. The molecule has 4 aromatic rings. The summed E-state index contributed by atoms with van der Waals surface area (Å²) >= 11 is 0. The second kappa shape index (κ2) is 10.7. The summed E-state index contributed by atoms with van der Waals surface area (Å²) in [6.07, 6.45) is 9.13. The van der Waals surface area contributed by atoms with Crippen molar-refractivity contribution in [3.8, 4) is 17.2 Å². The summed E-state index contributed by atoms with van der Waals surface area (Å²) in [5.74, 6) is 1.72. The summed E-state index contributed by atoms with van der Waals surface area (Å²) in [6, 6.07) is 22.5. The van der Waals surface area contributed by atoms with Crippen LogP contribution in [0, 0.1) is 0 Å². The van der Waals surface area contributed by atoms with Crippen LogP contribution in [-0.2, 0) is 6.54 Å². The number of hydrogen-bond donors (Lipinski definition) is 1. The first-order chi connectivity index (χ1) is 16.2. The number of pyridine rings is 2. The molecule has 0 aliphatic carbocycles. The molecule has 2 aromatic carbocycles. The maximum atomic E-state index is 12.5. The van der Waals surface area contributed by atoms with Gasteiger partial charge in [-0.05, 0) is 59.2 Å². The number of carbonyl (C=O) groups excluding carboxylic acids is 1. The number of nitrogens with one attached hydrogen (secondary N) is 1. The number of ether oxygens (including phenoxy) is 2. The highest BCUT2D eigenvalue weighted by Crippen LogP contribution is 2.22. The molecular weight excluding hydrogens is 414 g/mol. The van der Waals surface area contributed by atoms with Crippen molar-refractivity contribution in [2.45, 2.75) is 6.54 Å². The largest absolute Gasteiger partial charge is 0.497 e. The second-order valence-electron chi connectivity index (χ2n) is 7.19. The molecule has 164 valence electrons. The predicted octanol–water partition coefficient (Wildman–Crippen LogP) is 5.38. The van der Waals surface area contributed by atoms with E-state index in [4.69, 9.17) is 9.47 Å². The van der Waals surface area contributed by atoms with Crippen LogP contribution in [0.3, 0.4) is 0 Å². The Morgan fingerprint density at radius 2 is 1.48 bits per heavy atom. The SMILES string of the molecule is COc1ccc(CNC(=O)c2cc(Oc3ccc(/C=C/c4ccncc4)cc3)ccn2)cc1. The van der Waals surface area contributed by atoms with Crippen LogP contribution < -0.4 is 14.8 Å². The van der Waals surface area contributed by atoms with E-state index in [-0.39, 0.29) is 11.6 Å². The number of benzene rings is 2. The average Bonchev–Trinajstić information content (AvgIpc) is 2.88. The summed E-state index contributed by atoms with van der Waals surface area (Å²) in [5.41, 5.74) is 3.39. The third-order valence-corrected chi connectivity index (χ3v) is 4.87. The van der Waals surface area contributed by atoms with Gasteiger partial charge in [-0.25, -0.2) is 0 Å². The fourth-order valence-electron chi connectivity index (χ4n) is 3.07. The van der Waals surface area contributed by atoms with Crippen molar-refractivity contribution in [3.05, 3.63) is 114 Å². The molecule has 0 unspecified atom stereocenters. The van der Waals surface area contributed by atoms with Gasteiger partial charge in [0.15, 0.2) is 0 Å². The summed E-state index contributed by atoms with van der Waals surface area (Å²) in [6.45, 7) is 0.393. The van der Waals surface area contributed by atoms with Gasteiger partial charge < -0.3 is 14.8 Å². The fourth-order valence-corrected chi connectivity index (χ4v) is 3.07. The first-order valence-corrected chi connectivity index (χ1v) is 10.4. The van der Waals surface area contributed by atoms with Gasteiger partial charge in [0.2, 0.25) is 0 Å². The lowest BCUT2D eigenvalue weighted by Crippen LogP contribution is -2.23. The maximum absolute atomic E-state index is 12.5. The third-order valence-electron chi connectivity index (χ3n) is 4.87. The zero-order valence-corrected chi connectivity index (χ0v) is 18.1. The van der Waals surface area contributed by atoms with Gasteiger partial charge in [0.25, 0.3) is 5.91 Å². The van der Waals surface area contributed by atoms with Gasteiger partial charge in [0.1, 0.15) is 22.9 Å². The highest BCUT2D eigenvalue weighted by molar-refractivity contribution is 5.92. The zero-order valence-electron chi connectivity index (χ0n) is 18.1. The van der Waals surface area contributed by atoms with E-state index < -0.39 is 0 Å². The van der Waals surface area contributed by atoms with E-state index in [0.717, 1.165) is 22.4 Å². The molecule has 0 saturated carbocycles. The first kappa shape index (κ1) is 21.8. The van der Waals surface area contributed by atoms with Gasteiger partial charge in [-0.15, -0.1) is 0 Å². The second-order valence-corrected chi connectivity index (χ2v) is 7.19. The molecule has 0 bridgehead atoms. The van der Waals surface area contributed by atoms with E-state index in [1.807, 2.05) is 72.8 Å². The Morgan fingerprint density at radius 1 is 0.818 bits per heavy atom. The van der Waals surface area contributed by atoms with E-state index in [9.17, 15) is 4.79 Å². The van der Waals surface area contributed by atoms with Gasteiger partial charge in [-0.3, -0.25) is 14.8 Å². The molecule has 1 amide bonds. The van der Waals surface area contributed by atoms with Crippen molar-refractivity contribution >= 4 is 18.1 Å². The topological polar surface area (TPSA) is 73.3 Å². The highest BCUT2D eigenvalue weighted by atomic mass is 16.5. The minimum Gasteiger partial charge on any atom is -0.497 e. The third kappa shape index (κ3) is 6.27. The number of rotatable bonds is 8. The number of hydrogen-bond acceptors (Lipinski definition) is 5. The van der Waals surface area contributed by atoms with Gasteiger partial charge >= 0.3 is 0 Å². The van der Waals surface area contributed by atoms with E-state index in [0.29, 0.717) is 18.0 Å². The molecule has 33 heavy (non-hydrogen) atoms. The number of carbonyl (C=O) groups is 1. The molecule has 2 heterocycles. The van der Waals surface area contributed by atoms with Crippen molar-refractivity contribution in [3.63, 3.8) is 0 Å². The van der Waals surface area contributed by atoms with Crippen molar-refractivity contribution in [1.29, 1.82) is 0 Å². The molecule has 6 heteroatoms. The molecule has 0 fully saturated rings. The summed E-state index contributed by atoms with van der Waals surface area (Å²) < 4.78 is 11.1. The minimum atomic E-state index is -0.270. The maximum Gasteiger partial charge on any atom is 0.270 e. The molecule has 0 spiro atoms. The van der Waals surface area contributed by atoms with E-state index in [1.54, 1.807) is 37.8 Å². The number of methoxy groups -OCH3 is 1. The van der Waals surface area contributed by atoms with Crippen molar-refractivity contribution in [2.75, 3.05) is 7.11 Å². The predicted molar refractivity (Wildman–Crippen MR) is 128 cm³/mol. The summed E-state index contributed by atoms with van der Waals surface area (Å²) in [7, 11) is 1.62. The highest BCUT2D eigenvalue weighted by Gasteiger charge is 2.09. The Morgan fingerprint density at radius 3 is 2.18 bits per heavy atom. The lowest BCUT2D eigenvalue weighted by atomic mass is 10.1. The minimum absolute atomic E-state index is 0.270. The first-order valence-electron chi connectivity index (χ1n) is 10.4. The number of aromatic nitrogens is 2. The summed E-state index contributed by atoms with van der Waals surface area (Å²) in [4.78, 5) is 20.7. The Kier molecular flexibility index (Phi) is 7.08. The van der Waals surface area contributed by atoms with Crippen LogP contribution in [0.15, 0.2) is 91.4 Å². The van der Waals surface area contributed by atoms with Gasteiger partial charge in [0.05, 0.1) is 7.11 Å². The smallest absolute Gasteiger partial charge is 0.270 e. The van der Waals surface area contributed by atoms with Crippen LogP contribution in [0.2, 0.25) is 0 Å². The van der Waals surface area contributed by atoms with Crippen LogP contribution in [0.5, 0.6) is 17.2 Å². The van der Waals surface area contributed by atoms with Crippen LogP contribution in [0.25, 0.3) is 12.2 Å². The number of nitrogens with zero attached hydrogens (tertiary/aromatic N) is 2. The molecule has 1 N–H and O–H groups in total. The lowest BCUT2D eigenvalue weighted by molar-refractivity contribution is 0.0945. The lowest BCUT2D eigenvalue weighted by Gasteiger charge is -2.09. The molecule has 0 atom stereocenters. The van der Waals surface area contributed by atoms with Crippen LogP contribution in [0.1, 0.15) is 27.2 Å². The Labute approximate surface area is 192 Å². The Hall–Kier alpha value is -4.45. The molecular formula is C27H23N3O3. The molecule has 2 aromatic heterocycles. The molecule has 4 rings (SSSR count). The molecule has 0 aliphatic rings. The Balaban J connectivity index is 1.35. The van der Waals surface area contributed by atoms with Crippen molar-refractivity contribution in [2.24, 2.45) is 0 Å². The zero-order chi connectivity index (χ0) is 22.9. The van der Waals surface area contributed by atoms with Gasteiger partial charge in [-0.1, -0.05) is 36.4 Å². The van der Waals surface area contributed by atoms with E-state index >= 15 is 0 Å². The average molecular weight is 437 g/mol. The standard InChI is InChI=1S/C27H23N3O3/c1-32-23-8-6-22(7-9-23)19-30-27(31)26-18-25(14-17-29-26)33-24-10-4-20(5-11-24)2-3-21-12-15-28-16-13-21/h2-18H,19H2,1H3,(H,30,31)/b3-2+. The summed E-state index contributed by atoms with van der Waals surface area (Å²) in [5, 5.41) is 2.87. The molecule has 0 saturated heterocycles. The van der Waals surface area contributed by atoms with Gasteiger partial charge in [0, 0.05) is 31.2 Å². The van der Waals surface area contributed by atoms with Crippen LogP contribution >= 0.6 is 0 Å². The van der Waals surface area contributed by atoms with Crippen molar-refractivity contribution in [1.82, 2.24) is 15.3 Å². The van der Waals surface area contributed by atoms with Crippen molar-refractivity contribution < 1.29 is 14.3 Å². The molecule has 6 nitrogen and oxygen atoms in total. The van der Waals surface area contributed by atoms with Gasteiger partial charge in [-0.2, -0.15) is 0 Å². The van der Waals surface area contributed by atoms with Crippen LogP contribution in [0.4, 0.5) is 0 Å². The quantitative estimate of drug-likeness (QED) is 0.401. The monoisotopic (exact) mass is 437 g/mol. The van der Waals surface area contributed by atoms with E-state index in [2.05, 4.69) is 15.3 Å². The molecule has 0 aliphatic heterocycles.